The fourth-order valence-electron chi connectivity index (χ4n) is 2.06. The number of hydrogen-bond donors (Lipinski definition) is 1. The molecule has 3 aromatic rings. The van der Waals surface area contributed by atoms with Gasteiger partial charge in [0.2, 0.25) is 0 Å². The van der Waals surface area contributed by atoms with Crippen molar-refractivity contribution in [2.24, 2.45) is 0 Å². The van der Waals surface area contributed by atoms with Crippen LogP contribution in [0.4, 0.5) is 0 Å². The maximum atomic E-state index is 11.8. The van der Waals surface area contributed by atoms with Gasteiger partial charge in [0.05, 0.1) is 6.54 Å². The smallest absolute Gasteiger partial charge is 0.266 e. The lowest BCUT2D eigenvalue weighted by Gasteiger charge is -2.09. The molecule has 0 aliphatic rings. The normalized spacial score (nSPS) is 10.4. The van der Waals surface area contributed by atoms with Crippen molar-refractivity contribution in [2.45, 2.75) is 6.54 Å². The Hall–Kier alpha value is -3.49. The van der Waals surface area contributed by atoms with Crippen molar-refractivity contribution in [3.8, 4) is 11.6 Å². The Labute approximate surface area is 142 Å². The van der Waals surface area contributed by atoms with Gasteiger partial charge in [0.25, 0.3) is 11.5 Å². The summed E-state index contributed by atoms with van der Waals surface area (Å²) >= 11 is 0. The van der Waals surface area contributed by atoms with Crippen LogP contribution < -0.4 is 15.6 Å². The standard InChI is InChI=1S/C16H16N6O3/c23-15(10-25-13-4-2-1-3-5-13)18-8-9-21-16(24)7-6-14(20-21)22-12-17-11-19-22/h1-7,11-12H,8-10H2,(H,18,23). The van der Waals surface area contributed by atoms with E-state index in [0.717, 1.165) is 0 Å². The van der Waals surface area contributed by atoms with Crippen molar-refractivity contribution >= 4 is 5.91 Å². The molecule has 0 aliphatic carbocycles. The molecule has 3 rings (SSSR count). The summed E-state index contributed by atoms with van der Waals surface area (Å²) in [4.78, 5) is 27.5. The van der Waals surface area contributed by atoms with E-state index in [2.05, 4.69) is 20.5 Å². The highest BCUT2D eigenvalue weighted by atomic mass is 16.5. The predicted octanol–water partition coefficient (Wildman–Crippen LogP) is 0.0192. The SMILES string of the molecule is O=C(COc1ccccc1)NCCn1nc(-n2cncn2)ccc1=O. The predicted molar refractivity (Wildman–Crippen MR) is 88.4 cm³/mol. The Morgan fingerprint density at radius 2 is 2.00 bits per heavy atom. The van der Waals surface area contributed by atoms with E-state index in [0.29, 0.717) is 11.6 Å². The number of para-hydroxylation sites is 1. The van der Waals surface area contributed by atoms with Crippen molar-refractivity contribution in [3.05, 3.63) is 65.5 Å². The molecule has 9 nitrogen and oxygen atoms in total. The summed E-state index contributed by atoms with van der Waals surface area (Å²) in [5.41, 5.74) is -0.265. The largest absolute Gasteiger partial charge is 0.484 e. The molecule has 2 heterocycles. The molecular formula is C16H16N6O3. The molecule has 0 saturated heterocycles. The van der Waals surface area contributed by atoms with Gasteiger partial charge in [0.1, 0.15) is 18.4 Å². The van der Waals surface area contributed by atoms with Gasteiger partial charge in [-0.3, -0.25) is 9.59 Å². The zero-order valence-corrected chi connectivity index (χ0v) is 13.3. The van der Waals surface area contributed by atoms with E-state index < -0.39 is 0 Å². The molecule has 128 valence electrons. The highest BCUT2D eigenvalue weighted by molar-refractivity contribution is 5.77. The Kier molecular flexibility index (Phi) is 5.15. The van der Waals surface area contributed by atoms with Crippen LogP contribution in [0.25, 0.3) is 5.82 Å². The van der Waals surface area contributed by atoms with Gasteiger partial charge in [-0.05, 0) is 18.2 Å². The zero-order chi connectivity index (χ0) is 17.5. The highest BCUT2D eigenvalue weighted by Gasteiger charge is 2.05. The van der Waals surface area contributed by atoms with Gasteiger partial charge >= 0.3 is 0 Å². The number of amides is 1. The van der Waals surface area contributed by atoms with Crippen LogP contribution in [0.1, 0.15) is 0 Å². The molecular weight excluding hydrogens is 324 g/mol. The summed E-state index contributed by atoms with van der Waals surface area (Å²) in [6.45, 7) is 0.397. The summed E-state index contributed by atoms with van der Waals surface area (Å²) in [5.74, 6) is 0.816. The first-order valence-corrected chi connectivity index (χ1v) is 7.60. The number of nitrogens with one attached hydrogen (secondary N) is 1. The molecule has 9 heteroatoms. The highest BCUT2D eigenvalue weighted by Crippen LogP contribution is 2.07. The average molecular weight is 340 g/mol. The van der Waals surface area contributed by atoms with E-state index in [1.807, 2.05) is 18.2 Å². The third-order valence-electron chi connectivity index (χ3n) is 3.26. The van der Waals surface area contributed by atoms with Gasteiger partial charge < -0.3 is 10.1 Å². The van der Waals surface area contributed by atoms with Crippen molar-refractivity contribution in [3.63, 3.8) is 0 Å². The van der Waals surface area contributed by atoms with Crippen molar-refractivity contribution in [1.29, 1.82) is 0 Å². The second-order valence-electron chi connectivity index (χ2n) is 5.04. The lowest BCUT2D eigenvalue weighted by atomic mass is 10.3. The van der Waals surface area contributed by atoms with Gasteiger partial charge in [0, 0.05) is 12.6 Å². The number of carbonyl (C=O) groups is 1. The second kappa shape index (κ2) is 7.86. The summed E-state index contributed by atoms with van der Waals surface area (Å²) in [5, 5.41) is 10.8. The third kappa shape index (κ3) is 4.50. The Bertz CT molecular complexity index is 876. The molecule has 1 amide bonds. The molecule has 0 unspecified atom stereocenters. The Morgan fingerprint density at radius 1 is 1.16 bits per heavy atom. The second-order valence-corrected chi connectivity index (χ2v) is 5.04. The summed E-state index contributed by atoms with van der Waals surface area (Å²) in [6, 6.07) is 12.0. The number of aromatic nitrogens is 5. The van der Waals surface area contributed by atoms with Crippen LogP contribution >= 0.6 is 0 Å². The van der Waals surface area contributed by atoms with E-state index in [1.54, 1.807) is 18.2 Å². The Morgan fingerprint density at radius 3 is 2.76 bits per heavy atom. The van der Waals surface area contributed by atoms with Gasteiger partial charge in [-0.1, -0.05) is 18.2 Å². The third-order valence-corrected chi connectivity index (χ3v) is 3.26. The molecule has 2 aromatic heterocycles. The van der Waals surface area contributed by atoms with E-state index in [9.17, 15) is 9.59 Å². The first kappa shape index (κ1) is 16.4. The number of rotatable bonds is 7. The maximum Gasteiger partial charge on any atom is 0.266 e. The van der Waals surface area contributed by atoms with Crippen molar-refractivity contribution < 1.29 is 9.53 Å². The first-order chi connectivity index (χ1) is 12.2. The van der Waals surface area contributed by atoms with Crippen LogP contribution in [0, 0.1) is 0 Å². The molecule has 0 bridgehead atoms. The molecule has 1 N–H and O–H groups in total. The van der Waals surface area contributed by atoms with Crippen LogP contribution in [0.2, 0.25) is 0 Å². The summed E-state index contributed by atoms with van der Waals surface area (Å²) in [6.07, 6.45) is 2.87. The number of benzene rings is 1. The number of hydrogen-bond acceptors (Lipinski definition) is 6. The van der Waals surface area contributed by atoms with Crippen LogP contribution in [-0.4, -0.2) is 43.6 Å². The number of ether oxygens (including phenoxy) is 1. The van der Waals surface area contributed by atoms with Crippen LogP contribution in [0.5, 0.6) is 5.75 Å². The van der Waals surface area contributed by atoms with Gasteiger partial charge in [0.15, 0.2) is 12.4 Å². The monoisotopic (exact) mass is 340 g/mol. The minimum Gasteiger partial charge on any atom is -0.484 e. The fraction of sp³-hybridized carbons (Fsp3) is 0.188. The fourth-order valence-corrected chi connectivity index (χ4v) is 2.06. The first-order valence-electron chi connectivity index (χ1n) is 7.60. The molecule has 25 heavy (non-hydrogen) atoms. The lowest BCUT2D eigenvalue weighted by Crippen LogP contribution is -2.34. The number of nitrogens with zero attached hydrogens (tertiary/aromatic N) is 5. The van der Waals surface area contributed by atoms with Gasteiger partial charge in [-0.25, -0.2) is 14.3 Å². The average Bonchev–Trinajstić information content (AvgIpc) is 3.17. The van der Waals surface area contributed by atoms with Crippen LogP contribution in [-0.2, 0) is 11.3 Å². The van der Waals surface area contributed by atoms with Gasteiger partial charge in [-0.2, -0.15) is 5.10 Å². The van der Waals surface area contributed by atoms with Crippen molar-refractivity contribution in [2.75, 3.05) is 13.2 Å². The molecule has 0 atom stereocenters. The van der Waals surface area contributed by atoms with Gasteiger partial charge in [-0.15, -0.1) is 5.10 Å². The quantitative estimate of drug-likeness (QED) is 0.650. The zero-order valence-electron chi connectivity index (χ0n) is 13.3. The van der Waals surface area contributed by atoms with E-state index in [1.165, 1.54) is 28.1 Å². The van der Waals surface area contributed by atoms with Crippen LogP contribution in [0.15, 0.2) is 59.9 Å². The van der Waals surface area contributed by atoms with E-state index in [-0.39, 0.29) is 31.2 Å². The lowest BCUT2D eigenvalue weighted by molar-refractivity contribution is -0.123. The molecule has 0 fully saturated rings. The van der Waals surface area contributed by atoms with E-state index >= 15 is 0 Å². The molecule has 1 aromatic carbocycles. The molecule has 0 radical (unpaired) electrons. The van der Waals surface area contributed by atoms with Crippen LogP contribution in [0.3, 0.4) is 0 Å². The summed E-state index contributed by atoms with van der Waals surface area (Å²) in [7, 11) is 0. The minimum atomic E-state index is -0.274. The van der Waals surface area contributed by atoms with Crippen molar-refractivity contribution in [1.82, 2.24) is 29.9 Å². The maximum absolute atomic E-state index is 11.8. The minimum absolute atomic E-state index is 0.0919. The molecule has 0 aliphatic heterocycles. The van der Waals surface area contributed by atoms with E-state index in [4.69, 9.17) is 4.74 Å². The Balaban J connectivity index is 1.51. The number of carbonyl (C=O) groups excluding carboxylic acids is 1. The molecule has 0 saturated carbocycles. The molecule has 0 spiro atoms. The summed E-state index contributed by atoms with van der Waals surface area (Å²) < 4.78 is 8.05. The topological polar surface area (TPSA) is 104 Å².